The van der Waals surface area contributed by atoms with Gasteiger partial charge in [-0.05, 0) is 12.1 Å². The van der Waals surface area contributed by atoms with Crippen LogP contribution in [-0.2, 0) is 14.6 Å². The number of rotatable bonds is 3. The van der Waals surface area contributed by atoms with Gasteiger partial charge in [0.2, 0.25) is 5.91 Å². The van der Waals surface area contributed by atoms with Crippen molar-refractivity contribution in [3.63, 3.8) is 0 Å². The molecular weight excluding hydrogens is 280 g/mol. The van der Waals surface area contributed by atoms with Gasteiger partial charge in [-0.15, -0.1) is 0 Å². The van der Waals surface area contributed by atoms with Crippen LogP contribution in [0.25, 0.3) is 0 Å². The van der Waals surface area contributed by atoms with Gasteiger partial charge in [0.1, 0.15) is 16.8 Å². The summed E-state index contributed by atoms with van der Waals surface area (Å²) in [6.45, 7) is 1.66. The van der Waals surface area contributed by atoms with Gasteiger partial charge in [-0.25, -0.2) is 13.4 Å². The van der Waals surface area contributed by atoms with E-state index in [2.05, 4.69) is 15.6 Å². The number of nitrogens with zero attached hydrogens (tertiary/aromatic N) is 2. The van der Waals surface area contributed by atoms with Gasteiger partial charge in [0.25, 0.3) is 0 Å². The minimum atomic E-state index is -3.39. The Morgan fingerprint density at radius 3 is 2.95 bits per heavy atom. The number of nitrogens with one attached hydrogen (secondary N) is 2. The highest BCUT2D eigenvalue weighted by molar-refractivity contribution is 7.90. The number of piperazine rings is 1. The molecule has 1 amide bonds. The van der Waals surface area contributed by atoms with Crippen molar-refractivity contribution >= 4 is 21.6 Å². The lowest BCUT2D eigenvalue weighted by atomic mass is 10.1. The monoisotopic (exact) mass is 298 g/mol. The Balaban J connectivity index is 2.46. The van der Waals surface area contributed by atoms with Crippen molar-refractivity contribution in [2.45, 2.75) is 10.9 Å². The number of likely N-dealkylation sites (N-methyl/N-ethyl adjacent to an activating group) is 1. The van der Waals surface area contributed by atoms with Crippen molar-refractivity contribution in [1.82, 2.24) is 15.6 Å². The zero-order valence-corrected chi connectivity index (χ0v) is 12.3. The highest BCUT2D eigenvalue weighted by atomic mass is 32.2. The first-order valence-corrected chi connectivity index (χ1v) is 8.18. The van der Waals surface area contributed by atoms with Gasteiger partial charge < -0.3 is 15.5 Å². The van der Waals surface area contributed by atoms with Crippen LogP contribution in [0.4, 0.5) is 5.82 Å². The molecule has 0 aromatic carbocycles. The molecule has 0 radical (unpaired) electrons. The van der Waals surface area contributed by atoms with Crippen LogP contribution >= 0.6 is 0 Å². The second kappa shape index (κ2) is 5.76. The predicted molar refractivity (Wildman–Crippen MR) is 75.4 cm³/mol. The van der Waals surface area contributed by atoms with E-state index in [1.165, 1.54) is 12.3 Å². The largest absolute Gasteiger partial charge is 0.357 e. The van der Waals surface area contributed by atoms with Crippen molar-refractivity contribution in [3.8, 4) is 0 Å². The molecule has 1 aliphatic heterocycles. The van der Waals surface area contributed by atoms with E-state index in [1.54, 1.807) is 18.0 Å². The molecule has 110 valence electrons. The highest BCUT2D eigenvalue weighted by Gasteiger charge is 2.31. The summed E-state index contributed by atoms with van der Waals surface area (Å²) in [5.41, 5.74) is 0. The molecule has 1 aromatic heterocycles. The molecule has 7 nitrogen and oxygen atoms in total. The van der Waals surface area contributed by atoms with E-state index < -0.39 is 15.9 Å². The van der Waals surface area contributed by atoms with Gasteiger partial charge in [-0.1, -0.05) is 0 Å². The fourth-order valence-electron chi connectivity index (χ4n) is 2.25. The Labute approximate surface area is 118 Å². The first kappa shape index (κ1) is 14.7. The summed E-state index contributed by atoms with van der Waals surface area (Å²) in [6.07, 6.45) is 2.68. The maximum absolute atomic E-state index is 11.9. The smallest absolute Gasteiger partial charge is 0.243 e. The third-order valence-corrected chi connectivity index (χ3v) is 4.33. The molecule has 1 aliphatic rings. The van der Waals surface area contributed by atoms with Crippen LogP contribution in [0.3, 0.4) is 0 Å². The molecule has 0 aliphatic carbocycles. The molecule has 2 N–H and O–H groups in total. The van der Waals surface area contributed by atoms with Crippen LogP contribution < -0.4 is 15.5 Å². The quantitative estimate of drug-likeness (QED) is 0.744. The van der Waals surface area contributed by atoms with Crippen LogP contribution in [-0.4, -0.2) is 58.3 Å². The number of sulfone groups is 1. The number of pyridine rings is 1. The normalized spacial score (nSPS) is 19.7. The SMILES string of the molecule is CNC(=O)C1CNCCN1c1ncccc1S(C)(=O)=O. The van der Waals surface area contributed by atoms with Gasteiger partial charge in [0.05, 0.1) is 0 Å². The first-order valence-electron chi connectivity index (χ1n) is 6.29. The van der Waals surface area contributed by atoms with E-state index in [-0.39, 0.29) is 10.8 Å². The third kappa shape index (κ3) is 2.91. The topological polar surface area (TPSA) is 91.4 Å². The number of carbonyl (C=O) groups excluding carboxylic acids is 1. The van der Waals surface area contributed by atoms with Crippen molar-refractivity contribution in [3.05, 3.63) is 18.3 Å². The third-order valence-electron chi connectivity index (χ3n) is 3.21. The van der Waals surface area contributed by atoms with Crippen molar-refractivity contribution < 1.29 is 13.2 Å². The second-order valence-corrected chi connectivity index (χ2v) is 6.61. The van der Waals surface area contributed by atoms with Gasteiger partial charge >= 0.3 is 0 Å². The zero-order chi connectivity index (χ0) is 14.8. The maximum atomic E-state index is 11.9. The number of anilines is 1. The molecule has 1 aromatic rings. The minimum absolute atomic E-state index is 0.149. The summed E-state index contributed by atoms with van der Waals surface area (Å²) in [5.74, 6) is 0.174. The summed E-state index contributed by atoms with van der Waals surface area (Å²) in [4.78, 5) is 18.0. The summed E-state index contributed by atoms with van der Waals surface area (Å²) in [7, 11) is -1.83. The van der Waals surface area contributed by atoms with Crippen LogP contribution in [0.2, 0.25) is 0 Å². The Hall–Kier alpha value is -1.67. The summed E-state index contributed by atoms with van der Waals surface area (Å²) < 4.78 is 23.7. The molecule has 0 spiro atoms. The van der Waals surface area contributed by atoms with Crippen LogP contribution in [0, 0.1) is 0 Å². The zero-order valence-electron chi connectivity index (χ0n) is 11.5. The Morgan fingerprint density at radius 1 is 1.55 bits per heavy atom. The van der Waals surface area contributed by atoms with E-state index in [0.717, 1.165) is 6.26 Å². The average molecular weight is 298 g/mol. The Bertz CT molecular complexity index is 602. The molecule has 0 saturated carbocycles. The second-order valence-electron chi connectivity index (χ2n) is 4.62. The van der Waals surface area contributed by atoms with E-state index in [1.807, 2.05) is 0 Å². The van der Waals surface area contributed by atoms with Gasteiger partial charge in [0, 0.05) is 39.1 Å². The Kier molecular flexibility index (Phi) is 4.24. The summed E-state index contributed by atoms with van der Waals surface area (Å²) >= 11 is 0. The fourth-order valence-corrected chi connectivity index (χ4v) is 3.07. The maximum Gasteiger partial charge on any atom is 0.243 e. The van der Waals surface area contributed by atoms with Crippen LogP contribution in [0.5, 0.6) is 0 Å². The molecular formula is C12H18N4O3S. The van der Waals surface area contributed by atoms with Crippen molar-refractivity contribution in [2.24, 2.45) is 0 Å². The number of hydrogen-bond acceptors (Lipinski definition) is 6. The molecule has 1 unspecified atom stereocenters. The first-order chi connectivity index (χ1) is 9.45. The lowest BCUT2D eigenvalue weighted by Gasteiger charge is -2.36. The standard InChI is InChI=1S/C12H18N4O3S/c1-13-12(17)9-8-14-6-7-16(9)11-10(20(2,18)19)4-3-5-15-11/h3-5,9,14H,6-8H2,1-2H3,(H,13,17). The number of aromatic nitrogens is 1. The minimum Gasteiger partial charge on any atom is -0.357 e. The average Bonchev–Trinajstić information content (AvgIpc) is 2.45. The highest BCUT2D eigenvalue weighted by Crippen LogP contribution is 2.24. The molecule has 1 fully saturated rings. The van der Waals surface area contributed by atoms with E-state index in [4.69, 9.17) is 0 Å². The van der Waals surface area contributed by atoms with Crippen molar-refractivity contribution in [2.75, 3.05) is 37.8 Å². The number of hydrogen-bond donors (Lipinski definition) is 2. The molecule has 20 heavy (non-hydrogen) atoms. The molecule has 1 atom stereocenters. The van der Waals surface area contributed by atoms with E-state index in [9.17, 15) is 13.2 Å². The van der Waals surface area contributed by atoms with Gasteiger partial charge in [0.15, 0.2) is 9.84 Å². The Morgan fingerprint density at radius 2 is 2.30 bits per heavy atom. The van der Waals surface area contributed by atoms with E-state index >= 15 is 0 Å². The van der Waals surface area contributed by atoms with Gasteiger partial charge in [-0.3, -0.25) is 4.79 Å². The predicted octanol–water partition coefficient (Wildman–Crippen LogP) is -0.991. The van der Waals surface area contributed by atoms with Crippen LogP contribution in [0.15, 0.2) is 23.2 Å². The molecule has 0 bridgehead atoms. The van der Waals surface area contributed by atoms with E-state index in [0.29, 0.717) is 25.5 Å². The fraction of sp³-hybridized carbons (Fsp3) is 0.500. The van der Waals surface area contributed by atoms with Crippen molar-refractivity contribution in [1.29, 1.82) is 0 Å². The summed E-state index contributed by atoms with van der Waals surface area (Å²) in [5, 5.41) is 5.72. The summed E-state index contributed by atoms with van der Waals surface area (Å²) in [6, 6.07) is 2.63. The lowest BCUT2D eigenvalue weighted by Crippen LogP contribution is -2.58. The molecule has 2 rings (SSSR count). The molecule has 8 heteroatoms. The van der Waals surface area contributed by atoms with Crippen LogP contribution in [0.1, 0.15) is 0 Å². The number of amides is 1. The number of carbonyl (C=O) groups is 1. The lowest BCUT2D eigenvalue weighted by molar-refractivity contribution is -0.122. The molecule has 1 saturated heterocycles. The van der Waals surface area contributed by atoms with Gasteiger partial charge in [-0.2, -0.15) is 0 Å². The molecule has 2 heterocycles.